The van der Waals surface area contributed by atoms with Crippen LogP contribution in [0.25, 0.3) is 0 Å². The van der Waals surface area contributed by atoms with Crippen LogP contribution in [-0.2, 0) is 15.9 Å². The third-order valence-corrected chi connectivity index (χ3v) is 4.49. The molecule has 0 radical (unpaired) electrons. The van der Waals surface area contributed by atoms with E-state index in [1.54, 1.807) is 0 Å². The summed E-state index contributed by atoms with van der Waals surface area (Å²) in [5.74, 6) is -1.42. The Morgan fingerprint density at radius 1 is 1.12 bits per heavy atom. The highest BCUT2D eigenvalue weighted by atomic mass is 16.7. The monoisotopic (exact) mass is 340 g/mol. The van der Waals surface area contributed by atoms with E-state index in [-0.39, 0.29) is 0 Å². The highest BCUT2D eigenvalue weighted by molar-refractivity contribution is 5.14. The van der Waals surface area contributed by atoms with Crippen LogP contribution in [0.1, 0.15) is 31.7 Å². The SMILES string of the molecule is CCCC[C@]1(OCCc2ccccc2)O[C@H](CO)[C@@H](O)[C@H](O)[C@H]1O. The second kappa shape index (κ2) is 8.89. The van der Waals surface area contributed by atoms with E-state index in [9.17, 15) is 20.4 Å². The molecule has 1 saturated heterocycles. The van der Waals surface area contributed by atoms with Gasteiger partial charge in [0, 0.05) is 6.42 Å². The Kier molecular flexibility index (Phi) is 7.16. The summed E-state index contributed by atoms with van der Waals surface area (Å²) in [7, 11) is 0. The van der Waals surface area contributed by atoms with E-state index in [0.717, 1.165) is 18.4 Å². The van der Waals surface area contributed by atoms with Crippen LogP contribution >= 0.6 is 0 Å². The van der Waals surface area contributed by atoms with Crippen LogP contribution in [0.4, 0.5) is 0 Å². The molecule has 24 heavy (non-hydrogen) atoms. The lowest BCUT2D eigenvalue weighted by Crippen LogP contribution is -2.66. The number of ether oxygens (including phenoxy) is 2. The molecule has 6 nitrogen and oxygen atoms in total. The van der Waals surface area contributed by atoms with Crippen molar-refractivity contribution < 1.29 is 29.9 Å². The second-order valence-electron chi connectivity index (χ2n) is 6.26. The molecule has 1 aromatic rings. The van der Waals surface area contributed by atoms with Gasteiger partial charge in [0.25, 0.3) is 0 Å². The highest BCUT2D eigenvalue weighted by Gasteiger charge is 2.53. The Balaban J connectivity index is 2.09. The van der Waals surface area contributed by atoms with Gasteiger partial charge in [-0.15, -0.1) is 0 Å². The summed E-state index contributed by atoms with van der Waals surface area (Å²) in [5.41, 5.74) is 1.09. The number of aliphatic hydroxyl groups excluding tert-OH is 4. The van der Waals surface area contributed by atoms with E-state index >= 15 is 0 Å². The van der Waals surface area contributed by atoms with Crippen LogP contribution in [0, 0.1) is 0 Å². The van der Waals surface area contributed by atoms with Gasteiger partial charge in [0.15, 0.2) is 5.79 Å². The van der Waals surface area contributed by atoms with Crippen molar-refractivity contribution in [1.82, 2.24) is 0 Å². The van der Waals surface area contributed by atoms with Crippen molar-refractivity contribution in [3.05, 3.63) is 35.9 Å². The number of rotatable bonds is 8. The van der Waals surface area contributed by atoms with Crippen molar-refractivity contribution in [3.8, 4) is 0 Å². The van der Waals surface area contributed by atoms with Gasteiger partial charge in [-0.25, -0.2) is 0 Å². The first kappa shape index (κ1) is 19.3. The average molecular weight is 340 g/mol. The largest absolute Gasteiger partial charge is 0.394 e. The summed E-state index contributed by atoms with van der Waals surface area (Å²) in [5, 5.41) is 39.9. The lowest BCUT2D eigenvalue weighted by Gasteiger charge is -2.48. The minimum absolute atomic E-state index is 0.297. The summed E-state index contributed by atoms with van der Waals surface area (Å²) >= 11 is 0. The van der Waals surface area contributed by atoms with E-state index in [4.69, 9.17) is 9.47 Å². The Bertz CT molecular complexity index is 480. The van der Waals surface area contributed by atoms with E-state index in [1.165, 1.54) is 0 Å². The molecule has 0 unspecified atom stereocenters. The first-order chi connectivity index (χ1) is 11.5. The number of unbranched alkanes of at least 4 members (excludes halogenated alkanes) is 1. The smallest absolute Gasteiger partial charge is 0.197 e. The first-order valence-electron chi connectivity index (χ1n) is 8.55. The molecule has 1 aromatic carbocycles. The molecule has 1 heterocycles. The maximum absolute atomic E-state index is 10.5. The number of aliphatic hydroxyl groups is 4. The van der Waals surface area contributed by atoms with Crippen LogP contribution in [0.15, 0.2) is 30.3 Å². The molecule has 6 heteroatoms. The minimum Gasteiger partial charge on any atom is -0.394 e. The van der Waals surface area contributed by atoms with E-state index in [1.807, 2.05) is 37.3 Å². The molecule has 1 aliphatic rings. The van der Waals surface area contributed by atoms with Gasteiger partial charge in [-0.1, -0.05) is 43.7 Å². The van der Waals surface area contributed by atoms with Crippen molar-refractivity contribution in [3.63, 3.8) is 0 Å². The van der Waals surface area contributed by atoms with Crippen molar-refractivity contribution in [1.29, 1.82) is 0 Å². The number of benzene rings is 1. The normalized spacial score (nSPS) is 33.5. The third-order valence-electron chi connectivity index (χ3n) is 4.49. The molecule has 136 valence electrons. The van der Waals surface area contributed by atoms with Crippen LogP contribution in [0.5, 0.6) is 0 Å². The summed E-state index contributed by atoms with van der Waals surface area (Å²) in [4.78, 5) is 0. The summed E-state index contributed by atoms with van der Waals surface area (Å²) in [6.07, 6.45) is -2.55. The summed E-state index contributed by atoms with van der Waals surface area (Å²) in [6, 6.07) is 9.78. The predicted molar refractivity (Wildman–Crippen MR) is 88.3 cm³/mol. The molecule has 0 bridgehead atoms. The zero-order valence-corrected chi connectivity index (χ0v) is 14.0. The Morgan fingerprint density at radius 3 is 2.46 bits per heavy atom. The van der Waals surface area contributed by atoms with Crippen molar-refractivity contribution in [2.24, 2.45) is 0 Å². The fraction of sp³-hybridized carbons (Fsp3) is 0.667. The fourth-order valence-corrected chi connectivity index (χ4v) is 3.02. The van der Waals surface area contributed by atoms with Gasteiger partial charge in [-0.2, -0.15) is 0 Å². The quantitative estimate of drug-likeness (QED) is 0.553. The van der Waals surface area contributed by atoms with Gasteiger partial charge < -0.3 is 29.9 Å². The average Bonchev–Trinajstić information content (AvgIpc) is 2.61. The molecule has 0 spiro atoms. The van der Waals surface area contributed by atoms with Gasteiger partial charge in [0.2, 0.25) is 0 Å². The predicted octanol–water partition coefficient (Wildman–Crippen LogP) is 0.606. The first-order valence-corrected chi connectivity index (χ1v) is 8.55. The van der Waals surface area contributed by atoms with Crippen molar-refractivity contribution in [2.45, 2.75) is 62.8 Å². The lowest BCUT2D eigenvalue weighted by molar-refractivity contribution is -0.366. The van der Waals surface area contributed by atoms with Gasteiger partial charge >= 0.3 is 0 Å². The van der Waals surface area contributed by atoms with Gasteiger partial charge in [-0.3, -0.25) is 0 Å². The Morgan fingerprint density at radius 2 is 1.83 bits per heavy atom. The van der Waals surface area contributed by atoms with Gasteiger partial charge in [0.05, 0.1) is 13.2 Å². The summed E-state index contributed by atoms with van der Waals surface area (Å²) < 4.78 is 11.6. The number of hydrogen-bond donors (Lipinski definition) is 4. The van der Waals surface area contributed by atoms with Gasteiger partial charge in [0.1, 0.15) is 24.4 Å². The minimum atomic E-state index is -1.43. The van der Waals surface area contributed by atoms with E-state index in [2.05, 4.69) is 0 Å². The molecular weight excluding hydrogens is 312 g/mol. The molecule has 0 aliphatic carbocycles. The Labute approximate surface area is 142 Å². The Hall–Kier alpha value is -1.02. The van der Waals surface area contributed by atoms with Crippen molar-refractivity contribution in [2.75, 3.05) is 13.2 Å². The standard InChI is InChI=1S/C18H28O6/c1-2-3-10-18(23-11-9-13-7-5-4-6-8-13)17(22)16(21)15(20)14(12-19)24-18/h4-8,14-17,19-22H,2-3,9-12H2,1H3/t14-,15-,16+,17-,18+/m1/s1. The van der Waals surface area contributed by atoms with E-state index < -0.39 is 36.8 Å². The molecule has 1 aliphatic heterocycles. The molecule has 0 aromatic heterocycles. The van der Waals surface area contributed by atoms with Crippen LogP contribution in [0.3, 0.4) is 0 Å². The fourth-order valence-electron chi connectivity index (χ4n) is 3.02. The van der Waals surface area contributed by atoms with Crippen LogP contribution in [0.2, 0.25) is 0 Å². The maximum atomic E-state index is 10.5. The summed E-state index contributed by atoms with van der Waals surface area (Å²) in [6.45, 7) is 1.84. The third kappa shape index (κ3) is 4.33. The molecule has 1 fully saturated rings. The molecular formula is C18H28O6. The molecule has 4 N–H and O–H groups in total. The van der Waals surface area contributed by atoms with E-state index in [0.29, 0.717) is 19.4 Å². The van der Waals surface area contributed by atoms with Crippen molar-refractivity contribution >= 4 is 0 Å². The van der Waals surface area contributed by atoms with Crippen LogP contribution in [-0.4, -0.2) is 63.8 Å². The van der Waals surface area contributed by atoms with Crippen LogP contribution < -0.4 is 0 Å². The molecule has 0 amide bonds. The topological polar surface area (TPSA) is 99.4 Å². The highest BCUT2D eigenvalue weighted by Crippen LogP contribution is 2.35. The second-order valence-corrected chi connectivity index (χ2v) is 6.26. The molecule has 0 saturated carbocycles. The zero-order valence-electron chi connectivity index (χ0n) is 14.0. The number of hydrogen-bond acceptors (Lipinski definition) is 6. The lowest BCUT2D eigenvalue weighted by atomic mass is 9.89. The maximum Gasteiger partial charge on any atom is 0.197 e. The molecule has 2 rings (SSSR count). The zero-order chi connectivity index (χ0) is 17.6. The molecule has 5 atom stereocenters. The van der Waals surface area contributed by atoms with Gasteiger partial charge in [-0.05, 0) is 18.4 Å².